The van der Waals surface area contributed by atoms with Crippen molar-refractivity contribution in [1.82, 2.24) is 4.90 Å². The summed E-state index contributed by atoms with van der Waals surface area (Å²) < 4.78 is 0. The number of benzene rings is 1. The summed E-state index contributed by atoms with van der Waals surface area (Å²) in [5.74, 6) is 2.11. The Kier molecular flexibility index (Phi) is 4.56. The van der Waals surface area contributed by atoms with Crippen molar-refractivity contribution in [3.63, 3.8) is 0 Å². The van der Waals surface area contributed by atoms with Gasteiger partial charge in [-0.3, -0.25) is 0 Å². The average molecular weight is 256 g/mol. The lowest BCUT2D eigenvalue weighted by atomic mass is 10.00. The van der Waals surface area contributed by atoms with Crippen molar-refractivity contribution in [2.45, 2.75) is 17.7 Å². The second-order valence-corrected chi connectivity index (χ2v) is 6.04. The molecule has 88 valence electrons. The van der Waals surface area contributed by atoms with E-state index in [9.17, 15) is 0 Å². The average Bonchev–Trinajstić information content (AvgIpc) is 2.28. The number of halogens is 1. The summed E-state index contributed by atoms with van der Waals surface area (Å²) in [6, 6.07) is 8.16. The van der Waals surface area contributed by atoms with Crippen molar-refractivity contribution in [3.05, 3.63) is 29.3 Å². The first-order chi connectivity index (χ1) is 7.74. The molecular weight excluding hydrogens is 238 g/mol. The Morgan fingerprint density at radius 3 is 2.81 bits per heavy atom. The molecule has 3 heteroatoms. The lowest BCUT2D eigenvalue weighted by molar-refractivity contribution is 0.232. The largest absolute Gasteiger partial charge is 0.306 e. The minimum absolute atomic E-state index is 0.841. The maximum absolute atomic E-state index is 5.97. The highest BCUT2D eigenvalue weighted by Gasteiger charge is 2.16. The van der Waals surface area contributed by atoms with Gasteiger partial charge in [0.2, 0.25) is 0 Å². The molecule has 0 saturated carbocycles. The molecule has 1 fully saturated rings. The molecule has 0 radical (unpaired) electrons. The maximum Gasteiger partial charge on any atom is 0.0417 e. The van der Waals surface area contributed by atoms with Crippen molar-refractivity contribution in [2.24, 2.45) is 5.92 Å². The Labute approximate surface area is 107 Å². The molecule has 0 aromatic heterocycles. The van der Waals surface area contributed by atoms with E-state index in [4.69, 9.17) is 11.6 Å². The molecule has 1 aliphatic rings. The van der Waals surface area contributed by atoms with Crippen LogP contribution < -0.4 is 0 Å². The fourth-order valence-electron chi connectivity index (χ4n) is 2.00. The van der Waals surface area contributed by atoms with Gasteiger partial charge in [-0.25, -0.2) is 0 Å². The molecule has 1 aromatic carbocycles. The smallest absolute Gasteiger partial charge is 0.0417 e. The Morgan fingerprint density at radius 1 is 1.38 bits per heavy atom. The Hall–Kier alpha value is -0.180. The van der Waals surface area contributed by atoms with Crippen molar-refractivity contribution >= 4 is 23.4 Å². The van der Waals surface area contributed by atoms with Crippen molar-refractivity contribution < 1.29 is 0 Å². The predicted octanol–water partition coefficient (Wildman–Crippen LogP) is 3.77. The zero-order chi connectivity index (χ0) is 11.4. The van der Waals surface area contributed by atoms with Gasteiger partial charge in [0.25, 0.3) is 0 Å². The number of hydrogen-bond acceptors (Lipinski definition) is 2. The SMILES string of the molecule is CN1CCC(CSc2cccc(Cl)c2)CC1. The fourth-order valence-corrected chi connectivity index (χ4v) is 3.40. The Bertz CT molecular complexity index is 334. The molecule has 2 rings (SSSR count). The number of hydrogen-bond donors (Lipinski definition) is 0. The van der Waals surface area contributed by atoms with Crippen LogP contribution in [0.25, 0.3) is 0 Å². The van der Waals surface area contributed by atoms with Crippen LogP contribution >= 0.6 is 23.4 Å². The third-order valence-electron chi connectivity index (χ3n) is 3.12. The topological polar surface area (TPSA) is 3.24 Å². The highest BCUT2D eigenvalue weighted by molar-refractivity contribution is 7.99. The van der Waals surface area contributed by atoms with Crippen LogP contribution in [0.1, 0.15) is 12.8 Å². The van der Waals surface area contributed by atoms with E-state index < -0.39 is 0 Å². The first-order valence-corrected chi connectivity index (χ1v) is 7.17. The van der Waals surface area contributed by atoms with Gasteiger partial charge in [-0.2, -0.15) is 0 Å². The van der Waals surface area contributed by atoms with Gasteiger partial charge in [-0.1, -0.05) is 17.7 Å². The summed E-state index contributed by atoms with van der Waals surface area (Å²) in [7, 11) is 2.21. The first kappa shape index (κ1) is 12.3. The van der Waals surface area contributed by atoms with E-state index in [1.54, 1.807) is 0 Å². The van der Waals surface area contributed by atoms with Crippen molar-refractivity contribution in [3.8, 4) is 0 Å². The van der Waals surface area contributed by atoms with Crippen LogP contribution in [0.5, 0.6) is 0 Å². The number of rotatable bonds is 3. The molecule has 1 nitrogen and oxygen atoms in total. The van der Waals surface area contributed by atoms with Crippen LogP contribution in [-0.4, -0.2) is 30.8 Å². The Morgan fingerprint density at radius 2 is 2.12 bits per heavy atom. The fraction of sp³-hybridized carbons (Fsp3) is 0.538. The summed E-state index contributed by atoms with van der Waals surface area (Å²) in [5.41, 5.74) is 0. The van der Waals surface area contributed by atoms with Gasteiger partial charge >= 0.3 is 0 Å². The quantitative estimate of drug-likeness (QED) is 0.757. The molecule has 1 aromatic rings. The monoisotopic (exact) mass is 255 g/mol. The lowest BCUT2D eigenvalue weighted by Gasteiger charge is -2.28. The molecule has 1 heterocycles. The molecule has 1 aliphatic heterocycles. The molecule has 0 spiro atoms. The van der Waals surface area contributed by atoms with E-state index in [1.165, 1.54) is 36.6 Å². The second kappa shape index (κ2) is 5.95. The van der Waals surface area contributed by atoms with Gasteiger partial charge in [-0.15, -0.1) is 11.8 Å². The van der Waals surface area contributed by atoms with Gasteiger partial charge in [0.15, 0.2) is 0 Å². The van der Waals surface area contributed by atoms with Crippen LogP contribution in [0.4, 0.5) is 0 Å². The van der Waals surface area contributed by atoms with Crippen LogP contribution in [0.15, 0.2) is 29.2 Å². The second-order valence-electron chi connectivity index (χ2n) is 4.52. The molecule has 0 atom stereocenters. The number of likely N-dealkylation sites (tertiary alicyclic amines) is 1. The van der Waals surface area contributed by atoms with Crippen LogP contribution in [0.2, 0.25) is 5.02 Å². The van der Waals surface area contributed by atoms with Crippen LogP contribution in [0.3, 0.4) is 0 Å². The summed E-state index contributed by atoms with van der Waals surface area (Å²) in [6.45, 7) is 2.50. The highest BCUT2D eigenvalue weighted by atomic mass is 35.5. The normalized spacial score (nSPS) is 18.9. The maximum atomic E-state index is 5.97. The van der Waals surface area contributed by atoms with Gasteiger partial charge in [0.1, 0.15) is 0 Å². The van der Waals surface area contributed by atoms with Gasteiger partial charge in [0.05, 0.1) is 0 Å². The van der Waals surface area contributed by atoms with E-state index in [-0.39, 0.29) is 0 Å². The predicted molar refractivity (Wildman–Crippen MR) is 72.4 cm³/mol. The van der Waals surface area contributed by atoms with Crippen molar-refractivity contribution in [2.75, 3.05) is 25.9 Å². The molecular formula is C13H18ClNS. The molecule has 0 N–H and O–H groups in total. The lowest BCUT2D eigenvalue weighted by Crippen LogP contribution is -2.30. The number of nitrogens with zero attached hydrogens (tertiary/aromatic N) is 1. The molecule has 0 aliphatic carbocycles. The zero-order valence-electron chi connectivity index (χ0n) is 9.66. The third kappa shape index (κ3) is 3.69. The molecule has 0 amide bonds. The van der Waals surface area contributed by atoms with Crippen molar-refractivity contribution in [1.29, 1.82) is 0 Å². The summed E-state index contributed by atoms with van der Waals surface area (Å²) in [4.78, 5) is 3.71. The third-order valence-corrected chi connectivity index (χ3v) is 4.58. The Balaban J connectivity index is 1.79. The summed E-state index contributed by atoms with van der Waals surface area (Å²) in [6.07, 6.45) is 2.67. The number of thioether (sulfide) groups is 1. The number of piperidine rings is 1. The first-order valence-electron chi connectivity index (χ1n) is 5.81. The van der Waals surface area contributed by atoms with E-state index in [2.05, 4.69) is 24.1 Å². The minimum atomic E-state index is 0.841. The standard InChI is InChI=1S/C13H18ClNS/c1-15-7-5-11(6-8-15)10-16-13-4-2-3-12(14)9-13/h2-4,9,11H,5-8,10H2,1H3. The molecule has 0 unspecified atom stereocenters. The van der Waals surface area contributed by atoms with E-state index in [1.807, 2.05) is 23.9 Å². The zero-order valence-corrected chi connectivity index (χ0v) is 11.2. The van der Waals surface area contributed by atoms with Gasteiger partial charge in [0, 0.05) is 15.7 Å². The van der Waals surface area contributed by atoms with E-state index in [0.717, 1.165) is 10.9 Å². The van der Waals surface area contributed by atoms with Crippen LogP contribution in [0, 0.1) is 5.92 Å². The summed E-state index contributed by atoms with van der Waals surface area (Å²) in [5, 5.41) is 0.841. The highest BCUT2D eigenvalue weighted by Crippen LogP contribution is 2.27. The van der Waals surface area contributed by atoms with E-state index in [0.29, 0.717) is 0 Å². The molecule has 0 bridgehead atoms. The molecule has 1 saturated heterocycles. The van der Waals surface area contributed by atoms with E-state index >= 15 is 0 Å². The van der Waals surface area contributed by atoms with Gasteiger partial charge in [-0.05, 0) is 57.1 Å². The minimum Gasteiger partial charge on any atom is -0.306 e. The molecule has 16 heavy (non-hydrogen) atoms. The van der Waals surface area contributed by atoms with Crippen LogP contribution in [-0.2, 0) is 0 Å². The summed E-state index contributed by atoms with van der Waals surface area (Å²) >= 11 is 7.90. The van der Waals surface area contributed by atoms with Gasteiger partial charge < -0.3 is 4.90 Å².